The first-order valence-corrected chi connectivity index (χ1v) is 7.78. The van der Waals surface area contributed by atoms with Gasteiger partial charge in [0, 0.05) is 17.2 Å². The largest absolute Gasteiger partial charge is 0.484 e. The summed E-state index contributed by atoms with van der Waals surface area (Å²) < 4.78 is 5.35. The first kappa shape index (κ1) is 16.6. The molecule has 1 N–H and O–H groups in total. The van der Waals surface area contributed by atoms with Gasteiger partial charge in [-0.25, -0.2) is 5.43 Å². The van der Waals surface area contributed by atoms with Crippen molar-refractivity contribution < 1.29 is 9.53 Å². The van der Waals surface area contributed by atoms with Gasteiger partial charge in [0.25, 0.3) is 5.91 Å². The quantitative estimate of drug-likeness (QED) is 0.509. The standard InChI is InChI=1S/C17H21ClN2O2/c1-12-6-7-14(13(2)8-12)10-19-20-17(21)11-22-16-5-3-4-15(18)9-16/h3-6,9-10,13-14H,7-8,11H2,1-2H3,(H,20,21)/b19-10+. The van der Waals surface area contributed by atoms with Crippen molar-refractivity contribution in [3.05, 3.63) is 40.9 Å². The highest BCUT2D eigenvalue weighted by molar-refractivity contribution is 6.30. The van der Waals surface area contributed by atoms with Crippen molar-refractivity contribution in [1.29, 1.82) is 0 Å². The third-order valence-electron chi connectivity index (χ3n) is 3.73. The first-order chi connectivity index (χ1) is 10.5. The van der Waals surface area contributed by atoms with Crippen molar-refractivity contribution >= 4 is 23.7 Å². The number of ether oxygens (including phenoxy) is 1. The van der Waals surface area contributed by atoms with Crippen LogP contribution in [0.2, 0.25) is 5.02 Å². The highest BCUT2D eigenvalue weighted by Gasteiger charge is 2.18. The van der Waals surface area contributed by atoms with Crippen LogP contribution in [-0.4, -0.2) is 18.7 Å². The summed E-state index contributed by atoms with van der Waals surface area (Å²) in [6, 6.07) is 6.94. The molecule has 0 aromatic heterocycles. The fourth-order valence-electron chi connectivity index (χ4n) is 2.46. The Kier molecular flexibility index (Phi) is 6.01. The Bertz CT molecular complexity index is 584. The molecule has 0 bridgehead atoms. The third-order valence-corrected chi connectivity index (χ3v) is 3.97. The number of benzene rings is 1. The van der Waals surface area contributed by atoms with Crippen LogP contribution in [0, 0.1) is 11.8 Å². The number of carbonyl (C=O) groups is 1. The number of halogens is 1. The van der Waals surface area contributed by atoms with E-state index in [1.165, 1.54) is 5.57 Å². The van der Waals surface area contributed by atoms with E-state index in [-0.39, 0.29) is 12.5 Å². The number of amides is 1. The van der Waals surface area contributed by atoms with Gasteiger partial charge in [-0.15, -0.1) is 0 Å². The second kappa shape index (κ2) is 7.99. The fraction of sp³-hybridized carbons (Fsp3) is 0.412. The molecular weight excluding hydrogens is 300 g/mol. The summed E-state index contributed by atoms with van der Waals surface area (Å²) in [4.78, 5) is 11.7. The molecule has 2 unspecified atom stereocenters. The molecule has 0 aliphatic heterocycles. The minimum Gasteiger partial charge on any atom is -0.484 e. The van der Waals surface area contributed by atoms with E-state index in [1.54, 1.807) is 24.3 Å². The summed E-state index contributed by atoms with van der Waals surface area (Å²) in [5.41, 5.74) is 3.93. The maximum Gasteiger partial charge on any atom is 0.277 e. The van der Waals surface area contributed by atoms with Gasteiger partial charge >= 0.3 is 0 Å². The lowest BCUT2D eigenvalue weighted by Gasteiger charge is -2.24. The monoisotopic (exact) mass is 320 g/mol. The van der Waals surface area contributed by atoms with Crippen molar-refractivity contribution in [2.45, 2.75) is 26.7 Å². The third kappa shape index (κ3) is 5.19. The summed E-state index contributed by atoms with van der Waals surface area (Å²) in [5.74, 6) is 1.20. The summed E-state index contributed by atoms with van der Waals surface area (Å²) in [7, 11) is 0. The van der Waals surface area contributed by atoms with E-state index in [2.05, 4.69) is 30.5 Å². The van der Waals surface area contributed by atoms with E-state index < -0.39 is 0 Å². The Balaban J connectivity index is 1.74. The van der Waals surface area contributed by atoms with Gasteiger partial charge in [0.05, 0.1) is 0 Å². The molecule has 0 fully saturated rings. The zero-order valence-corrected chi connectivity index (χ0v) is 13.6. The van der Waals surface area contributed by atoms with E-state index >= 15 is 0 Å². The van der Waals surface area contributed by atoms with Crippen molar-refractivity contribution in [1.82, 2.24) is 5.43 Å². The van der Waals surface area contributed by atoms with Crippen LogP contribution in [0.5, 0.6) is 5.75 Å². The minimum atomic E-state index is -0.286. The Morgan fingerprint density at radius 2 is 2.36 bits per heavy atom. The number of hydrazone groups is 1. The summed E-state index contributed by atoms with van der Waals surface area (Å²) >= 11 is 5.84. The van der Waals surface area contributed by atoms with Gasteiger partial charge in [-0.1, -0.05) is 36.2 Å². The smallest absolute Gasteiger partial charge is 0.277 e. The normalized spacial score (nSPS) is 21.5. The van der Waals surface area contributed by atoms with Gasteiger partial charge in [-0.2, -0.15) is 5.10 Å². The minimum absolute atomic E-state index is 0.0864. The van der Waals surface area contributed by atoms with Crippen LogP contribution in [0.3, 0.4) is 0 Å². The summed E-state index contributed by atoms with van der Waals surface area (Å²) in [5, 5.41) is 4.61. The molecule has 22 heavy (non-hydrogen) atoms. The van der Waals surface area contributed by atoms with Crippen molar-refractivity contribution in [2.75, 3.05) is 6.61 Å². The average molecular weight is 321 g/mol. The molecule has 0 heterocycles. The first-order valence-electron chi connectivity index (χ1n) is 7.40. The van der Waals surface area contributed by atoms with Crippen LogP contribution in [0.4, 0.5) is 0 Å². The Labute approximate surface area is 136 Å². The van der Waals surface area contributed by atoms with Crippen LogP contribution in [0.15, 0.2) is 41.0 Å². The number of hydrogen-bond acceptors (Lipinski definition) is 3. The Hall–Kier alpha value is -1.81. The van der Waals surface area contributed by atoms with Crippen LogP contribution in [-0.2, 0) is 4.79 Å². The van der Waals surface area contributed by atoms with Crippen molar-refractivity contribution in [3.63, 3.8) is 0 Å². The number of carbonyl (C=O) groups excluding carboxylic acids is 1. The molecule has 1 aromatic rings. The number of nitrogens with zero attached hydrogens (tertiary/aromatic N) is 1. The summed E-state index contributed by atoms with van der Waals surface area (Å²) in [6.07, 6.45) is 6.12. The van der Waals surface area contributed by atoms with E-state index in [0.717, 1.165) is 12.8 Å². The molecule has 4 nitrogen and oxygen atoms in total. The lowest BCUT2D eigenvalue weighted by Crippen LogP contribution is -2.26. The van der Waals surface area contributed by atoms with Crippen LogP contribution in [0.25, 0.3) is 0 Å². The van der Waals surface area contributed by atoms with Crippen molar-refractivity contribution in [3.8, 4) is 5.75 Å². The number of nitrogens with one attached hydrogen (secondary N) is 1. The average Bonchev–Trinajstić information content (AvgIpc) is 2.47. The molecule has 1 aliphatic rings. The number of allylic oxidation sites excluding steroid dienone is 2. The molecular formula is C17H21ClN2O2. The molecule has 2 atom stereocenters. The van der Waals surface area contributed by atoms with Gasteiger partial charge in [-0.05, 0) is 43.9 Å². The topological polar surface area (TPSA) is 50.7 Å². The van der Waals surface area contributed by atoms with Crippen molar-refractivity contribution in [2.24, 2.45) is 16.9 Å². The Morgan fingerprint density at radius 3 is 3.09 bits per heavy atom. The number of rotatable bonds is 5. The van der Waals surface area contributed by atoms with Gasteiger partial charge in [0.2, 0.25) is 0 Å². The van der Waals surface area contributed by atoms with Gasteiger partial charge < -0.3 is 4.74 Å². The van der Waals surface area contributed by atoms with Gasteiger partial charge in [-0.3, -0.25) is 4.79 Å². The van der Waals surface area contributed by atoms with E-state index in [1.807, 2.05) is 6.21 Å². The fourth-order valence-corrected chi connectivity index (χ4v) is 2.64. The molecule has 2 rings (SSSR count). The predicted molar refractivity (Wildman–Crippen MR) is 89.2 cm³/mol. The SMILES string of the molecule is CC1=CCC(/C=N/NC(=O)COc2cccc(Cl)c2)C(C)C1. The maximum absolute atomic E-state index is 11.7. The highest BCUT2D eigenvalue weighted by atomic mass is 35.5. The van der Waals surface area contributed by atoms with Crippen LogP contribution < -0.4 is 10.2 Å². The molecule has 0 spiro atoms. The van der Waals surface area contributed by atoms with Crippen LogP contribution in [0.1, 0.15) is 26.7 Å². The lowest BCUT2D eigenvalue weighted by molar-refractivity contribution is -0.123. The Morgan fingerprint density at radius 1 is 1.55 bits per heavy atom. The molecule has 0 radical (unpaired) electrons. The van der Waals surface area contributed by atoms with E-state index in [9.17, 15) is 4.79 Å². The van der Waals surface area contributed by atoms with Crippen LogP contribution >= 0.6 is 11.6 Å². The molecule has 1 aliphatic carbocycles. The van der Waals surface area contributed by atoms with E-state index in [0.29, 0.717) is 22.6 Å². The molecule has 0 saturated carbocycles. The molecule has 118 valence electrons. The van der Waals surface area contributed by atoms with Gasteiger partial charge in [0.1, 0.15) is 5.75 Å². The predicted octanol–water partition coefficient (Wildman–Crippen LogP) is 3.81. The zero-order chi connectivity index (χ0) is 15.9. The molecule has 0 saturated heterocycles. The zero-order valence-electron chi connectivity index (χ0n) is 12.9. The molecule has 1 amide bonds. The molecule has 5 heteroatoms. The molecule has 1 aromatic carbocycles. The van der Waals surface area contributed by atoms with E-state index in [4.69, 9.17) is 16.3 Å². The summed E-state index contributed by atoms with van der Waals surface area (Å²) in [6.45, 7) is 4.27. The number of hydrogen-bond donors (Lipinski definition) is 1. The maximum atomic E-state index is 11.7. The van der Waals surface area contributed by atoms with Gasteiger partial charge in [0.15, 0.2) is 6.61 Å². The second-order valence-corrected chi connectivity index (χ2v) is 6.13. The highest BCUT2D eigenvalue weighted by Crippen LogP contribution is 2.27. The second-order valence-electron chi connectivity index (χ2n) is 5.69. The lowest BCUT2D eigenvalue weighted by atomic mass is 9.82.